The van der Waals surface area contributed by atoms with E-state index in [0.717, 1.165) is 50.4 Å². The van der Waals surface area contributed by atoms with Crippen molar-refractivity contribution >= 4 is 17.0 Å². The molecule has 0 saturated carbocycles. The summed E-state index contributed by atoms with van der Waals surface area (Å²) in [5.41, 5.74) is 2.26. The number of para-hydroxylation sites is 2. The Morgan fingerprint density at radius 2 is 2.15 bits per heavy atom. The molecule has 0 amide bonds. The standard InChI is InChI=1S/C16H22N4/c1-2-3-12-20-15-7-5-4-6-14(15)19-16(20)18-13-8-10-17-11-9-13/h2,4-7,13,17H,1,3,8-12H2,(H,18,19). The van der Waals surface area contributed by atoms with Crippen molar-refractivity contribution in [1.82, 2.24) is 14.9 Å². The van der Waals surface area contributed by atoms with Crippen LogP contribution in [0.25, 0.3) is 11.0 Å². The monoisotopic (exact) mass is 270 g/mol. The van der Waals surface area contributed by atoms with Gasteiger partial charge in [0.1, 0.15) is 0 Å². The summed E-state index contributed by atoms with van der Waals surface area (Å²) in [6.07, 6.45) is 5.24. The van der Waals surface area contributed by atoms with E-state index in [1.165, 1.54) is 5.52 Å². The van der Waals surface area contributed by atoms with Crippen LogP contribution in [0.3, 0.4) is 0 Å². The number of rotatable bonds is 5. The third-order valence-electron chi connectivity index (χ3n) is 3.88. The summed E-state index contributed by atoms with van der Waals surface area (Å²) in [6.45, 7) is 6.93. The molecule has 106 valence electrons. The van der Waals surface area contributed by atoms with Crippen LogP contribution in [0.15, 0.2) is 36.9 Å². The van der Waals surface area contributed by atoms with Gasteiger partial charge in [-0.25, -0.2) is 4.98 Å². The van der Waals surface area contributed by atoms with Gasteiger partial charge in [-0.15, -0.1) is 6.58 Å². The number of hydrogen-bond donors (Lipinski definition) is 2. The maximum Gasteiger partial charge on any atom is 0.204 e. The van der Waals surface area contributed by atoms with Crippen molar-refractivity contribution < 1.29 is 0 Å². The number of fused-ring (bicyclic) bond motifs is 1. The Kier molecular flexibility index (Phi) is 4.02. The summed E-state index contributed by atoms with van der Waals surface area (Å²) in [5.74, 6) is 1.000. The highest BCUT2D eigenvalue weighted by atomic mass is 15.2. The van der Waals surface area contributed by atoms with Crippen LogP contribution < -0.4 is 10.6 Å². The molecular weight excluding hydrogens is 248 g/mol. The van der Waals surface area contributed by atoms with Crippen LogP contribution in [0.2, 0.25) is 0 Å². The molecule has 0 bridgehead atoms. The maximum atomic E-state index is 4.76. The molecule has 2 N–H and O–H groups in total. The van der Waals surface area contributed by atoms with Gasteiger partial charge in [-0.05, 0) is 44.5 Å². The zero-order valence-corrected chi connectivity index (χ0v) is 11.8. The predicted octanol–water partition coefficient (Wildman–Crippen LogP) is 2.78. The summed E-state index contributed by atoms with van der Waals surface area (Å²) in [5, 5.41) is 7.02. The van der Waals surface area contributed by atoms with Crippen molar-refractivity contribution in [1.29, 1.82) is 0 Å². The smallest absolute Gasteiger partial charge is 0.204 e. The Labute approximate surface area is 119 Å². The molecule has 20 heavy (non-hydrogen) atoms. The Hall–Kier alpha value is -1.81. The van der Waals surface area contributed by atoms with Crippen LogP contribution in [-0.2, 0) is 6.54 Å². The van der Waals surface area contributed by atoms with Gasteiger partial charge in [0.15, 0.2) is 0 Å². The van der Waals surface area contributed by atoms with Crippen LogP contribution in [0, 0.1) is 0 Å². The van der Waals surface area contributed by atoms with E-state index < -0.39 is 0 Å². The van der Waals surface area contributed by atoms with Crippen molar-refractivity contribution in [3.05, 3.63) is 36.9 Å². The van der Waals surface area contributed by atoms with Gasteiger partial charge in [0, 0.05) is 12.6 Å². The van der Waals surface area contributed by atoms with Gasteiger partial charge in [-0.3, -0.25) is 0 Å². The molecule has 4 nitrogen and oxygen atoms in total. The molecule has 1 aromatic heterocycles. The molecule has 1 aliphatic rings. The first-order valence-corrected chi connectivity index (χ1v) is 7.42. The van der Waals surface area contributed by atoms with Gasteiger partial charge >= 0.3 is 0 Å². The number of piperidine rings is 1. The Morgan fingerprint density at radius 1 is 1.35 bits per heavy atom. The minimum absolute atomic E-state index is 0.524. The van der Waals surface area contributed by atoms with Gasteiger partial charge in [0.05, 0.1) is 11.0 Å². The fourth-order valence-electron chi connectivity index (χ4n) is 2.78. The van der Waals surface area contributed by atoms with E-state index in [-0.39, 0.29) is 0 Å². The van der Waals surface area contributed by atoms with Crippen molar-refractivity contribution in [2.45, 2.75) is 31.8 Å². The van der Waals surface area contributed by atoms with E-state index in [2.05, 4.69) is 40.0 Å². The second-order valence-corrected chi connectivity index (χ2v) is 5.32. The lowest BCUT2D eigenvalue weighted by Gasteiger charge is -2.24. The van der Waals surface area contributed by atoms with Crippen LogP contribution in [0.4, 0.5) is 5.95 Å². The van der Waals surface area contributed by atoms with Crippen molar-refractivity contribution in [3.63, 3.8) is 0 Å². The molecular formula is C16H22N4. The zero-order valence-electron chi connectivity index (χ0n) is 11.8. The number of benzene rings is 1. The molecule has 0 radical (unpaired) electrons. The molecule has 4 heteroatoms. The van der Waals surface area contributed by atoms with E-state index in [1.807, 2.05) is 12.1 Å². The molecule has 2 heterocycles. The number of allylic oxidation sites excluding steroid dienone is 1. The van der Waals surface area contributed by atoms with Gasteiger partial charge in [0.2, 0.25) is 5.95 Å². The van der Waals surface area contributed by atoms with Crippen molar-refractivity contribution in [3.8, 4) is 0 Å². The first-order valence-electron chi connectivity index (χ1n) is 7.42. The molecule has 0 unspecified atom stereocenters. The van der Waals surface area contributed by atoms with Crippen LogP contribution in [0.1, 0.15) is 19.3 Å². The minimum Gasteiger partial charge on any atom is -0.353 e. The molecule has 0 aliphatic carbocycles. The number of aromatic nitrogens is 2. The lowest BCUT2D eigenvalue weighted by atomic mass is 10.1. The molecule has 0 atom stereocenters. The molecule has 2 aromatic rings. The molecule has 3 rings (SSSR count). The largest absolute Gasteiger partial charge is 0.353 e. The molecule has 1 fully saturated rings. The average molecular weight is 270 g/mol. The highest BCUT2D eigenvalue weighted by Gasteiger charge is 2.16. The van der Waals surface area contributed by atoms with Crippen molar-refractivity contribution in [2.75, 3.05) is 18.4 Å². The number of hydrogen-bond acceptors (Lipinski definition) is 3. The SMILES string of the molecule is C=CCCn1c(NC2CCNCC2)nc2ccccc21. The minimum atomic E-state index is 0.524. The number of nitrogens with zero attached hydrogens (tertiary/aromatic N) is 2. The molecule has 0 spiro atoms. The summed E-state index contributed by atoms with van der Waals surface area (Å²) in [4.78, 5) is 4.76. The van der Waals surface area contributed by atoms with Crippen LogP contribution in [-0.4, -0.2) is 28.7 Å². The first-order chi connectivity index (χ1) is 9.88. The van der Waals surface area contributed by atoms with E-state index in [1.54, 1.807) is 0 Å². The van der Waals surface area contributed by atoms with E-state index in [0.29, 0.717) is 6.04 Å². The van der Waals surface area contributed by atoms with Crippen LogP contribution >= 0.6 is 0 Å². The predicted molar refractivity (Wildman–Crippen MR) is 84.1 cm³/mol. The Morgan fingerprint density at radius 3 is 2.95 bits per heavy atom. The highest BCUT2D eigenvalue weighted by Crippen LogP contribution is 2.22. The van der Waals surface area contributed by atoms with Gasteiger partial charge in [0.25, 0.3) is 0 Å². The average Bonchev–Trinajstić information content (AvgIpc) is 2.83. The summed E-state index contributed by atoms with van der Waals surface area (Å²) in [7, 11) is 0. The fourth-order valence-corrected chi connectivity index (χ4v) is 2.78. The molecule has 1 aromatic carbocycles. The van der Waals surface area contributed by atoms with E-state index in [9.17, 15) is 0 Å². The molecule has 1 saturated heterocycles. The zero-order chi connectivity index (χ0) is 13.8. The topological polar surface area (TPSA) is 41.9 Å². The van der Waals surface area contributed by atoms with Gasteiger partial charge in [-0.2, -0.15) is 0 Å². The Bertz CT molecular complexity index is 581. The number of anilines is 1. The maximum absolute atomic E-state index is 4.76. The summed E-state index contributed by atoms with van der Waals surface area (Å²) in [6, 6.07) is 8.85. The van der Waals surface area contributed by atoms with E-state index >= 15 is 0 Å². The highest BCUT2D eigenvalue weighted by molar-refractivity contribution is 5.78. The van der Waals surface area contributed by atoms with Gasteiger partial charge < -0.3 is 15.2 Å². The van der Waals surface area contributed by atoms with Gasteiger partial charge in [-0.1, -0.05) is 18.2 Å². The second-order valence-electron chi connectivity index (χ2n) is 5.32. The van der Waals surface area contributed by atoms with Crippen molar-refractivity contribution in [2.24, 2.45) is 0 Å². The second kappa shape index (κ2) is 6.09. The lowest BCUT2D eigenvalue weighted by Crippen LogP contribution is -2.36. The third-order valence-corrected chi connectivity index (χ3v) is 3.88. The molecule has 1 aliphatic heterocycles. The number of imidazole rings is 1. The fraction of sp³-hybridized carbons (Fsp3) is 0.438. The quantitative estimate of drug-likeness (QED) is 0.821. The van der Waals surface area contributed by atoms with E-state index in [4.69, 9.17) is 4.98 Å². The normalized spacial score (nSPS) is 16.4. The Balaban J connectivity index is 1.89. The number of nitrogens with one attached hydrogen (secondary N) is 2. The van der Waals surface area contributed by atoms with Crippen LogP contribution in [0.5, 0.6) is 0 Å². The number of aryl methyl sites for hydroxylation is 1. The third kappa shape index (κ3) is 2.70. The lowest BCUT2D eigenvalue weighted by molar-refractivity contribution is 0.475. The summed E-state index contributed by atoms with van der Waals surface area (Å²) < 4.78 is 2.28. The summed E-state index contributed by atoms with van der Waals surface area (Å²) >= 11 is 0. The first kappa shape index (κ1) is 13.2.